The first-order valence-electron chi connectivity index (χ1n) is 8.28. The number of aryl methyl sites for hydroxylation is 1. The van der Waals surface area contributed by atoms with E-state index in [9.17, 15) is 13.2 Å². The van der Waals surface area contributed by atoms with Crippen molar-refractivity contribution in [3.8, 4) is 0 Å². The molecule has 26 heavy (non-hydrogen) atoms. The SMILES string of the molecule is Cc1cnc(CNC(=O)c2cccc(S(=O)(=O)N3CC[C@@H](N)C3)c2)cn1. The van der Waals surface area contributed by atoms with Crippen molar-refractivity contribution in [1.29, 1.82) is 0 Å². The topological polar surface area (TPSA) is 118 Å². The molecule has 9 heteroatoms. The normalized spacial score (nSPS) is 18.0. The number of rotatable bonds is 5. The standard InChI is InChI=1S/C17H21N5O3S/c1-12-8-20-15(9-19-12)10-21-17(23)13-3-2-4-16(7-13)26(24,25)22-6-5-14(18)11-22/h2-4,7-9,14H,5-6,10-11,18H2,1H3,(H,21,23)/t14-/m1/s1. The van der Waals surface area contributed by atoms with Gasteiger partial charge in [0, 0.05) is 30.9 Å². The lowest BCUT2D eigenvalue weighted by molar-refractivity contribution is 0.0950. The van der Waals surface area contributed by atoms with Crippen LogP contribution in [0.15, 0.2) is 41.6 Å². The molecular formula is C17H21N5O3S. The van der Waals surface area contributed by atoms with Crippen LogP contribution in [0.4, 0.5) is 0 Å². The third kappa shape index (κ3) is 4.06. The number of benzene rings is 1. The Bertz CT molecular complexity index is 899. The molecule has 1 fully saturated rings. The maximum atomic E-state index is 12.7. The van der Waals surface area contributed by atoms with E-state index in [4.69, 9.17) is 5.73 Å². The number of aromatic nitrogens is 2. The van der Waals surface area contributed by atoms with Gasteiger partial charge in [0.2, 0.25) is 10.0 Å². The lowest BCUT2D eigenvalue weighted by atomic mass is 10.2. The van der Waals surface area contributed by atoms with E-state index in [0.717, 1.165) is 5.69 Å². The molecule has 138 valence electrons. The summed E-state index contributed by atoms with van der Waals surface area (Å²) in [5, 5.41) is 2.72. The Labute approximate surface area is 152 Å². The molecule has 2 aromatic rings. The van der Waals surface area contributed by atoms with Crippen LogP contribution in [0.1, 0.15) is 28.2 Å². The Morgan fingerprint density at radius 2 is 2.15 bits per heavy atom. The lowest BCUT2D eigenvalue weighted by Gasteiger charge is -2.16. The molecule has 1 atom stereocenters. The summed E-state index contributed by atoms with van der Waals surface area (Å²) >= 11 is 0. The van der Waals surface area contributed by atoms with Crippen LogP contribution in [0.3, 0.4) is 0 Å². The van der Waals surface area contributed by atoms with Gasteiger partial charge in [0.25, 0.3) is 5.91 Å². The highest BCUT2D eigenvalue weighted by Gasteiger charge is 2.31. The Balaban J connectivity index is 1.72. The molecular weight excluding hydrogens is 354 g/mol. The summed E-state index contributed by atoms with van der Waals surface area (Å²) < 4.78 is 26.7. The highest BCUT2D eigenvalue weighted by atomic mass is 32.2. The molecule has 0 unspecified atom stereocenters. The van der Waals surface area contributed by atoms with E-state index < -0.39 is 10.0 Å². The highest BCUT2D eigenvalue weighted by molar-refractivity contribution is 7.89. The molecule has 1 aliphatic heterocycles. The molecule has 1 aromatic heterocycles. The van der Waals surface area contributed by atoms with Crippen molar-refractivity contribution >= 4 is 15.9 Å². The number of nitrogens with one attached hydrogen (secondary N) is 1. The summed E-state index contributed by atoms with van der Waals surface area (Å²) in [6.45, 7) is 2.73. The minimum atomic E-state index is -3.65. The monoisotopic (exact) mass is 375 g/mol. The van der Waals surface area contributed by atoms with Crippen LogP contribution in [0.5, 0.6) is 0 Å². The van der Waals surface area contributed by atoms with Crippen LogP contribution in [-0.2, 0) is 16.6 Å². The highest BCUT2D eigenvalue weighted by Crippen LogP contribution is 2.21. The van der Waals surface area contributed by atoms with Crippen molar-refractivity contribution in [3.63, 3.8) is 0 Å². The summed E-state index contributed by atoms with van der Waals surface area (Å²) in [4.78, 5) is 20.7. The number of carbonyl (C=O) groups excluding carboxylic acids is 1. The molecule has 0 aliphatic carbocycles. The van der Waals surface area contributed by atoms with Crippen LogP contribution < -0.4 is 11.1 Å². The van der Waals surface area contributed by atoms with Crippen LogP contribution >= 0.6 is 0 Å². The fraction of sp³-hybridized carbons (Fsp3) is 0.353. The van der Waals surface area contributed by atoms with E-state index >= 15 is 0 Å². The minimum absolute atomic E-state index is 0.0920. The molecule has 1 aromatic carbocycles. The maximum Gasteiger partial charge on any atom is 0.251 e. The van der Waals surface area contributed by atoms with Gasteiger partial charge in [0.15, 0.2) is 0 Å². The molecule has 1 aliphatic rings. The maximum absolute atomic E-state index is 12.7. The largest absolute Gasteiger partial charge is 0.346 e. The molecule has 1 saturated heterocycles. The molecule has 8 nitrogen and oxygen atoms in total. The first kappa shape index (κ1) is 18.4. The van der Waals surface area contributed by atoms with Gasteiger partial charge in [-0.15, -0.1) is 0 Å². The number of carbonyl (C=O) groups is 1. The predicted molar refractivity (Wildman–Crippen MR) is 95.7 cm³/mol. The van der Waals surface area contributed by atoms with Gasteiger partial charge in [-0.25, -0.2) is 8.42 Å². The Kier molecular flexibility index (Phi) is 5.30. The van der Waals surface area contributed by atoms with E-state index in [1.54, 1.807) is 24.5 Å². The third-order valence-electron chi connectivity index (χ3n) is 4.19. The van der Waals surface area contributed by atoms with Crippen molar-refractivity contribution in [2.24, 2.45) is 5.73 Å². The first-order chi connectivity index (χ1) is 12.4. The number of amides is 1. The van der Waals surface area contributed by atoms with E-state index in [0.29, 0.717) is 25.2 Å². The molecule has 0 radical (unpaired) electrons. The van der Waals surface area contributed by atoms with Gasteiger partial charge < -0.3 is 11.1 Å². The molecule has 3 N–H and O–H groups in total. The first-order valence-corrected chi connectivity index (χ1v) is 9.72. The van der Waals surface area contributed by atoms with Gasteiger partial charge in [-0.2, -0.15) is 4.31 Å². The smallest absolute Gasteiger partial charge is 0.251 e. The predicted octanol–water partition coefficient (Wildman–Crippen LogP) is 0.437. The van der Waals surface area contributed by atoms with E-state index in [2.05, 4.69) is 15.3 Å². The second kappa shape index (κ2) is 7.48. The molecule has 3 rings (SSSR count). The summed E-state index contributed by atoms with van der Waals surface area (Å²) in [5.74, 6) is -0.373. The van der Waals surface area contributed by atoms with Gasteiger partial charge in [-0.3, -0.25) is 14.8 Å². The van der Waals surface area contributed by atoms with Crippen molar-refractivity contribution in [2.45, 2.75) is 30.8 Å². The molecule has 2 heterocycles. The minimum Gasteiger partial charge on any atom is -0.346 e. The summed E-state index contributed by atoms with van der Waals surface area (Å²) in [6, 6.07) is 5.86. The van der Waals surface area contributed by atoms with Gasteiger partial charge >= 0.3 is 0 Å². The average Bonchev–Trinajstić information content (AvgIpc) is 3.08. The number of sulfonamides is 1. The zero-order valence-electron chi connectivity index (χ0n) is 14.4. The van der Waals surface area contributed by atoms with Gasteiger partial charge in [0.1, 0.15) is 0 Å². The van der Waals surface area contributed by atoms with Crippen molar-refractivity contribution < 1.29 is 13.2 Å². The fourth-order valence-electron chi connectivity index (χ4n) is 2.70. The summed E-state index contributed by atoms with van der Waals surface area (Å²) in [7, 11) is -3.65. The van der Waals surface area contributed by atoms with Crippen molar-refractivity contribution in [3.05, 3.63) is 53.6 Å². The Morgan fingerprint density at radius 1 is 1.35 bits per heavy atom. The second-order valence-corrected chi connectivity index (χ2v) is 8.21. The van der Waals surface area contributed by atoms with Crippen molar-refractivity contribution in [2.75, 3.05) is 13.1 Å². The van der Waals surface area contributed by atoms with Crippen LogP contribution in [0.25, 0.3) is 0 Å². The second-order valence-electron chi connectivity index (χ2n) is 6.27. The zero-order valence-corrected chi connectivity index (χ0v) is 15.2. The Hall–Kier alpha value is -2.36. The molecule has 1 amide bonds. The van der Waals surface area contributed by atoms with Crippen LogP contribution in [0, 0.1) is 6.92 Å². The quantitative estimate of drug-likeness (QED) is 0.783. The number of hydrogen-bond acceptors (Lipinski definition) is 6. The van der Waals surface area contributed by atoms with Gasteiger partial charge in [0.05, 0.1) is 29.0 Å². The Morgan fingerprint density at radius 3 is 2.81 bits per heavy atom. The molecule has 0 saturated carbocycles. The van der Waals surface area contributed by atoms with Crippen LogP contribution in [0.2, 0.25) is 0 Å². The summed E-state index contributed by atoms with van der Waals surface area (Å²) in [6.07, 6.45) is 3.85. The van der Waals surface area contributed by atoms with Crippen molar-refractivity contribution in [1.82, 2.24) is 19.6 Å². The van der Waals surface area contributed by atoms with E-state index in [1.807, 2.05) is 6.92 Å². The number of hydrogen-bond donors (Lipinski definition) is 2. The fourth-order valence-corrected chi connectivity index (χ4v) is 4.26. The molecule has 0 spiro atoms. The van der Waals surface area contributed by atoms with Gasteiger partial charge in [-0.1, -0.05) is 6.07 Å². The van der Waals surface area contributed by atoms with Gasteiger partial charge in [-0.05, 0) is 31.5 Å². The van der Waals surface area contributed by atoms with E-state index in [1.165, 1.54) is 16.4 Å². The number of nitrogens with zero attached hydrogens (tertiary/aromatic N) is 3. The molecule has 0 bridgehead atoms. The zero-order chi connectivity index (χ0) is 18.7. The van der Waals surface area contributed by atoms with Crippen LogP contribution in [-0.4, -0.2) is 47.7 Å². The third-order valence-corrected chi connectivity index (χ3v) is 6.05. The van der Waals surface area contributed by atoms with E-state index in [-0.39, 0.29) is 29.0 Å². The lowest BCUT2D eigenvalue weighted by Crippen LogP contribution is -2.32. The number of nitrogens with two attached hydrogens (primary N) is 1. The average molecular weight is 375 g/mol. The summed E-state index contributed by atoms with van der Waals surface area (Å²) in [5.41, 5.74) is 7.49.